The van der Waals surface area contributed by atoms with Crippen LogP contribution in [0.4, 0.5) is 0 Å². The van der Waals surface area contributed by atoms with Gasteiger partial charge in [0, 0.05) is 0 Å². The summed E-state index contributed by atoms with van der Waals surface area (Å²) >= 11 is 0. The second-order valence-electron chi connectivity index (χ2n) is 7.51. The van der Waals surface area contributed by atoms with Crippen LogP contribution in [0.3, 0.4) is 0 Å². The molecule has 3 aromatic carbocycles. The van der Waals surface area contributed by atoms with E-state index in [1.54, 1.807) is 18.2 Å². The number of tetrazole rings is 1. The molecule has 0 saturated carbocycles. The topological polar surface area (TPSA) is 113 Å². The van der Waals surface area contributed by atoms with Crippen molar-refractivity contribution in [2.24, 2.45) is 0 Å². The molecule has 0 spiro atoms. The van der Waals surface area contributed by atoms with Gasteiger partial charge in [-0.2, -0.15) is 0 Å². The Morgan fingerprint density at radius 3 is 2.47 bits per heavy atom. The molecule has 0 aliphatic carbocycles. The van der Waals surface area contributed by atoms with E-state index in [-0.39, 0.29) is 6.29 Å². The molecule has 1 aromatic heterocycles. The summed E-state index contributed by atoms with van der Waals surface area (Å²) in [5, 5.41) is 17.1. The number of H-pyrrole nitrogens is 1. The normalized spacial score (nSPS) is 13.9. The summed E-state index contributed by atoms with van der Waals surface area (Å²) in [6.45, 7) is 1.89. The van der Waals surface area contributed by atoms with Crippen LogP contribution in [0.15, 0.2) is 78.9 Å². The number of nitrogens with zero attached hydrogens (tertiary/aromatic N) is 3. The third-order valence-corrected chi connectivity index (χ3v) is 6.05. The van der Waals surface area contributed by atoms with Crippen molar-refractivity contribution in [1.82, 2.24) is 25.9 Å². The lowest BCUT2D eigenvalue weighted by Crippen LogP contribution is -2.26. The number of hydrogen-bond donors (Lipinski definition) is 3. The van der Waals surface area contributed by atoms with Crippen LogP contribution >= 0.6 is 7.60 Å². The lowest BCUT2D eigenvalue weighted by atomic mass is 10.0. The summed E-state index contributed by atoms with van der Waals surface area (Å²) in [5.41, 5.74) is 4.24. The highest BCUT2D eigenvalue weighted by molar-refractivity contribution is 7.53. The molecule has 1 heterocycles. The van der Waals surface area contributed by atoms with Gasteiger partial charge >= 0.3 is 7.60 Å². The number of nitrogens with one attached hydrogen (secondary N) is 2. The van der Waals surface area contributed by atoms with Gasteiger partial charge in [0.15, 0.2) is 5.82 Å². The average molecular weight is 449 g/mol. The predicted molar refractivity (Wildman–Crippen MR) is 122 cm³/mol. The number of aryl methyl sites for hydroxylation is 1. The Labute approximate surface area is 186 Å². The molecule has 1 unspecified atom stereocenters. The van der Waals surface area contributed by atoms with Crippen molar-refractivity contribution in [3.05, 3.63) is 95.8 Å². The van der Waals surface area contributed by atoms with Gasteiger partial charge in [-0.25, -0.2) is 9.66 Å². The van der Waals surface area contributed by atoms with Crippen LogP contribution in [0, 0.1) is 6.92 Å². The molecule has 4 rings (SSSR count). The molecule has 0 aliphatic rings. The maximum atomic E-state index is 12.6. The van der Waals surface area contributed by atoms with Crippen molar-refractivity contribution >= 4 is 7.60 Å². The van der Waals surface area contributed by atoms with Gasteiger partial charge in [0.25, 0.3) is 0 Å². The van der Waals surface area contributed by atoms with E-state index in [1.807, 2.05) is 43.3 Å². The molecule has 2 atom stereocenters. The van der Waals surface area contributed by atoms with Gasteiger partial charge in [0.05, 0.1) is 6.04 Å². The van der Waals surface area contributed by atoms with Crippen molar-refractivity contribution in [2.45, 2.75) is 19.4 Å². The zero-order valence-corrected chi connectivity index (χ0v) is 18.4. The van der Waals surface area contributed by atoms with Gasteiger partial charge in [-0.05, 0) is 58.2 Å². The van der Waals surface area contributed by atoms with Crippen LogP contribution in [0.2, 0.25) is 0 Å². The summed E-state index contributed by atoms with van der Waals surface area (Å²) in [6.07, 6.45) is 0.269. The van der Waals surface area contributed by atoms with Crippen molar-refractivity contribution in [3.63, 3.8) is 0 Å². The molecule has 0 fully saturated rings. The zero-order chi connectivity index (χ0) is 22.4. The first-order chi connectivity index (χ1) is 15.5. The van der Waals surface area contributed by atoms with E-state index < -0.39 is 13.6 Å². The largest absolute Gasteiger partial charge is 0.424 e. The number of rotatable bonds is 9. The second kappa shape index (κ2) is 9.87. The molecule has 3 N–H and O–H groups in total. The second-order valence-corrected chi connectivity index (χ2v) is 9.29. The molecule has 0 aliphatic heterocycles. The van der Waals surface area contributed by atoms with Gasteiger partial charge in [-0.15, -0.1) is 5.10 Å². The Hall–Kier alpha value is -3.32. The van der Waals surface area contributed by atoms with E-state index in [9.17, 15) is 9.46 Å². The van der Waals surface area contributed by atoms with Crippen molar-refractivity contribution in [1.29, 1.82) is 0 Å². The summed E-state index contributed by atoms with van der Waals surface area (Å²) in [6, 6.07) is 24.9. The summed E-state index contributed by atoms with van der Waals surface area (Å²) in [7, 11) is -3.94. The Bertz CT molecular complexity index is 1180. The molecular formula is C23H24N5O3P. The maximum Gasteiger partial charge on any atom is 0.390 e. The lowest BCUT2D eigenvalue weighted by Gasteiger charge is -2.19. The van der Waals surface area contributed by atoms with Crippen LogP contribution in [0.1, 0.15) is 23.0 Å². The molecule has 0 radical (unpaired) electrons. The van der Waals surface area contributed by atoms with E-state index in [1.165, 1.54) is 0 Å². The van der Waals surface area contributed by atoms with Gasteiger partial charge in [0.2, 0.25) is 0 Å². The van der Waals surface area contributed by atoms with E-state index in [0.717, 1.165) is 22.3 Å². The van der Waals surface area contributed by atoms with Crippen LogP contribution in [-0.2, 0) is 11.0 Å². The number of hydrogen-bond acceptors (Lipinski definition) is 6. The molecule has 8 nitrogen and oxygen atoms in total. The molecule has 32 heavy (non-hydrogen) atoms. The quantitative estimate of drug-likeness (QED) is 0.327. The van der Waals surface area contributed by atoms with E-state index in [2.05, 4.69) is 50.2 Å². The third kappa shape index (κ3) is 5.88. The van der Waals surface area contributed by atoms with E-state index in [4.69, 9.17) is 4.52 Å². The minimum Gasteiger partial charge on any atom is -0.424 e. The highest BCUT2D eigenvalue weighted by Gasteiger charge is 2.25. The average Bonchev–Trinajstić information content (AvgIpc) is 3.32. The van der Waals surface area contributed by atoms with Gasteiger partial charge in [-0.3, -0.25) is 5.32 Å². The molecule has 9 heteroatoms. The molecule has 164 valence electrons. The first-order valence-corrected chi connectivity index (χ1v) is 11.9. The van der Waals surface area contributed by atoms with Crippen molar-refractivity contribution < 1.29 is 14.0 Å². The fraction of sp³-hybridized carbons (Fsp3) is 0.174. The SMILES string of the molecule is Cc1cccc(OP(=O)(O)CN[C@@H](Cc2ccc(-c3ccccc3)cc2)c2nnn[nH]2)c1. The first-order valence-electron chi connectivity index (χ1n) is 10.2. The Balaban J connectivity index is 1.44. The van der Waals surface area contributed by atoms with Crippen molar-refractivity contribution in [2.75, 3.05) is 6.29 Å². The summed E-state index contributed by atoms with van der Waals surface area (Å²) in [4.78, 5) is 10.3. The number of benzene rings is 3. The standard InChI is InChI=1S/C23H24N5O3P/c1-17-6-5-9-21(14-17)31-32(29,30)16-24-22(23-25-27-28-26-23)15-18-10-12-20(13-11-18)19-7-3-2-4-8-19/h2-14,22,24H,15-16H2,1H3,(H,29,30)(H,25,26,27,28)/t22-/m0/s1. The molecule has 0 bridgehead atoms. The van der Waals surface area contributed by atoms with Crippen LogP contribution in [0.5, 0.6) is 5.75 Å². The molecule has 0 amide bonds. The monoisotopic (exact) mass is 449 g/mol. The van der Waals surface area contributed by atoms with Crippen LogP contribution in [-0.4, -0.2) is 31.8 Å². The van der Waals surface area contributed by atoms with Gasteiger partial charge in [0.1, 0.15) is 12.0 Å². The third-order valence-electron chi connectivity index (χ3n) is 4.97. The minimum absolute atomic E-state index is 0.256. The highest BCUT2D eigenvalue weighted by atomic mass is 31.2. The van der Waals surface area contributed by atoms with Crippen molar-refractivity contribution in [3.8, 4) is 16.9 Å². The smallest absolute Gasteiger partial charge is 0.390 e. The van der Waals surface area contributed by atoms with Gasteiger partial charge < -0.3 is 9.42 Å². The van der Waals surface area contributed by atoms with E-state index in [0.29, 0.717) is 18.0 Å². The minimum atomic E-state index is -3.94. The number of aromatic amines is 1. The van der Waals surface area contributed by atoms with E-state index >= 15 is 0 Å². The Kier molecular flexibility index (Phi) is 6.75. The fourth-order valence-electron chi connectivity index (χ4n) is 3.37. The lowest BCUT2D eigenvalue weighted by molar-refractivity contribution is 0.368. The fourth-order valence-corrected chi connectivity index (χ4v) is 4.33. The molecular weight excluding hydrogens is 425 g/mol. The zero-order valence-electron chi connectivity index (χ0n) is 17.5. The summed E-state index contributed by atoms with van der Waals surface area (Å²) in [5.74, 6) is 0.833. The number of aromatic nitrogens is 4. The summed E-state index contributed by atoms with van der Waals surface area (Å²) < 4.78 is 18.0. The van der Waals surface area contributed by atoms with Gasteiger partial charge in [-0.1, -0.05) is 66.7 Å². The van der Waals surface area contributed by atoms with Crippen LogP contribution in [0.25, 0.3) is 11.1 Å². The highest BCUT2D eigenvalue weighted by Crippen LogP contribution is 2.42. The molecule has 4 aromatic rings. The van der Waals surface area contributed by atoms with Crippen LogP contribution < -0.4 is 9.84 Å². The Morgan fingerprint density at radius 1 is 1.03 bits per heavy atom. The Morgan fingerprint density at radius 2 is 1.78 bits per heavy atom. The maximum absolute atomic E-state index is 12.6. The predicted octanol–water partition coefficient (Wildman–Crippen LogP) is 4.27. The molecule has 0 saturated heterocycles. The first kappa shape index (κ1) is 21.9.